The largest absolute Gasteiger partial charge is 0.441 e. The first-order chi connectivity index (χ1) is 9.28. The first-order valence-electron chi connectivity index (χ1n) is 6.78. The van der Waals surface area contributed by atoms with Gasteiger partial charge in [-0.25, -0.2) is 0 Å². The van der Waals surface area contributed by atoms with Crippen molar-refractivity contribution in [3.63, 3.8) is 0 Å². The highest BCUT2D eigenvalue weighted by Gasteiger charge is 2.28. The Morgan fingerprint density at radius 2 is 1.95 bits per heavy atom. The molecule has 0 radical (unpaired) electrons. The van der Waals surface area contributed by atoms with Crippen molar-refractivity contribution < 1.29 is 13.2 Å². The van der Waals surface area contributed by atoms with Gasteiger partial charge in [-0.3, -0.25) is 0 Å². The zero-order valence-electron chi connectivity index (χ0n) is 12.1. The third kappa shape index (κ3) is 7.20. The Bertz CT molecular complexity index is 404. The molecule has 0 aliphatic carbocycles. The van der Waals surface area contributed by atoms with Crippen molar-refractivity contribution in [3.05, 3.63) is 35.4 Å². The van der Waals surface area contributed by atoms with E-state index in [1.807, 2.05) is 39.0 Å². The summed E-state index contributed by atoms with van der Waals surface area (Å²) in [7, 11) is 0. The van der Waals surface area contributed by atoms with Crippen LogP contribution >= 0.6 is 11.8 Å². The van der Waals surface area contributed by atoms with Crippen LogP contribution in [0.4, 0.5) is 13.2 Å². The van der Waals surface area contributed by atoms with Crippen LogP contribution in [-0.2, 0) is 0 Å². The number of alkyl halides is 3. The van der Waals surface area contributed by atoms with E-state index in [1.165, 1.54) is 0 Å². The molecule has 0 aromatic heterocycles. The summed E-state index contributed by atoms with van der Waals surface area (Å²) in [6.45, 7) is 6.79. The van der Waals surface area contributed by atoms with E-state index in [-0.39, 0.29) is 23.4 Å². The topological polar surface area (TPSA) is 12.0 Å². The van der Waals surface area contributed by atoms with E-state index >= 15 is 0 Å². The molecule has 0 fully saturated rings. The van der Waals surface area contributed by atoms with Crippen LogP contribution in [0, 0.1) is 6.92 Å². The lowest BCUT2D eigenvalue weighted by molar-refractivity contribution is -0.0328. The summed E-state index contributed by atoms with van der Waals surface area (Å²) < 4.78 is 36.7. The molecule has 0 spiro atoms. The van der Waals surface area contributed by atoms with Gasteiger partial charge >= 0.3 is 5.51 Å². The van der Waals surface area contributed by atoms with Gasteiger partial charge in [0, 0.05) is 18.3 Å². The van der Waals surface area contributed by atoms with E-state index in [4.69, 9.17) is 0 Å². The minimum atomic E-state index is -4.14. The number of hydrogen-bond acceptors (Lipinski definition) is 2. The van der Waals surface area contributed by atoms with Crippen molar-refractivity contribution in [3.8, 4) is 0 Å². The van der Waals surface area contributed by atoms with Gasteiger partial charge in [-0.15, -0.1) is 0 Å². The summed E-state index contributed by atoms with van der Waals surface area (Å²) in [6.07, 6.45) is 0.521. The predicted molar refractivity (Wildman–Crippen MR) is 80.2 cm³/mol. The van der Waals surface area contributed by atoms with Gasteiger partial charge in [0.15, 0.2) is 0 Å². The Balaban J connectivity index is 2.65. The van der Waals surface area contributed by atoms with Crippen LogP contribution in [0.5, 0.6) is 0 Å². The van der Waals surface area contributed by atoms with Gasteiger partial charge in [0.25, 0.3) is 0 Å². The van der Waals surface area contributed by atoms with Crippen molar-refractivity contribution in [1.29, 1.82) is 0 Å². The smallest absolute Gasteiger partial charge is 0.314 e. The molecule has 0 heterocycles. The van der Waals surface area contributed by atoms with Crippen molar-refractivity contribution in [2.24, 2.45) is 0 Å². The zero-order chi connectivity index (χ0) is 15.2. The van der Waals surface area contributed by atoms with Crippen molar-refractivity contribution in [2.75, 3.05) is 12.3 Å². The molecule has 0 amide bonds. The third-order valence-electron chi connectivity index (χ3n) is 3.02. The summed E-state index contributed by atoms with van der Waals surface area (Å²) >= 11 is 0.0672. The molecule has 1 rings (SSSR count). The molecule has 0 aliphatic rings. The van der Waals surface area contributed by atoms with Gasteiger partial charge in [-0.2, -0.15) is 13.2 Å². The molecule has 0 bridgehead atoms. The first kappa shape index (κ1) is 17.4. The number of benzene rings is 1. The number of nitrogens with one attached hydrogen (secondary N) is 1. The Hall–Kier alpha value is -0.680. The quantitative estimate of drug-likeness (QED) is 0.782. The Kier molecular flexibility index (Phi) is 6.89. The zero-order valence-corrected chi connectivity index (χ0v) is 12.9. The molecule has 0 saturated heterocycles. The Morgan fingerprint density at radius 1 is 1.25 bits per heavy atom. The van der Waals surface area contributed by atoms with Gasteiger partial charge < -0.3 is 5.32 Å². The second-order valence-corrected chi connectivity index (χ2v) is 6.42. The number of thioether (sulfide) groups is 1. The first-order valence-corrected chi connectivity index (χ1v) is 7.77. The predicted octanol–water partition coefficient (Wildman–Crippen LogP) is 4.72. The minimum absolute atomic E-state index is 0.0672. The summed E-state index contributed by atoms with van der Waals surface area (Å²) in [5, 5.41) is 3.32. The maximum atomic E-state index is 12.2. The van der Waals surface area contributed by atoms with Gasteiger partial charge in [0.05, 0.1) is 0 Å². The highest BCUT2D eigenvalue weighted by molar-refractivity contribution is 8.00. The number of hydrogen-bond donors (Lipinski definition) is 1. The van der Waals surface area contributed by atoms with Crippen LogP contribution in [0.3, 0.4) is 0 Å². The second-order valence-electron chi connectivity index (χ2n) is 5.26. The van der Waals surface area contributed by atoms with Crippen LogP contribution in [0.1, 0.15) is 37.3 Å². The normalized spacial score (nSPS) is 13.8. The molecular formula is C15H22F3NS. The van der Waals surface area contributed by atoms with Crippen LogP contribution in [0.2, 0.25) is 0 Å². The molecule has 1 aromatic carbocycles. The lowest BCUT2D eigenvalue weighted by Gasteiger charge is -2.20. The van der Waals surface area contributed by atoms with Crippen LogP contribution in [0.15, 0.2) is 24.3 Å². The van der Waals surface area contributed by atoms with Crippen molar-refractivity contribution >= 4 is 11.8 Å². The summed E-state index contributed by atoms with van der Waals surface area (Å²) in [5.74, 6) is 0.217. The van der Waals surface area contributed by atoms with Gasteiger partial charge in [0.2, 0.25) is 0 Å². The molecular weight excluding hydrogens is 283 g/mol. The van der Waals surface area contributed by atoms with E-state index in [9.17, 15) is 13.2 Å². The fourth-order valence-corrected chi connectivity index (χ4v) is 2.64. The summed E-state index contributed by atoms with van der Waals surface area (Å²) in [6, 6.07) is 8.35. The van der Waals surface area contributed by atoms with E-state index in [0.717, 1.165) is 11.1 Å². The molecule has 5 heteroatoms. The van der Waals surface area contributed by atoms with Crippen LogP contribution < -0.4 is 5.32 Å². The molecule has 114 valence electrons. The number of rotatable bonds is 7. The SMILES string of the molecule is Cc1cccc(C(CCSC(F)(F)F)CNC(C)C)c1. The molecule has 20 heavy (non-hydrogen) atoms. The van der Waals surface area contributed by atoms with E-state index in [1.54, 1.807) is 0 Å². The maximum Gasteiger partial charge on any atom is 0.441 e. The standard InChI is InChI=1S/C15H22F3NS/c1-11(2)19-10-14(7-8-20-15(16,17)18)13-6-4-5-12(3)9-13/h4-6,9,11,14,19H,7-8,10H2,1-3H3. The average Bonchev–Trinajstić information content (AvgIpc) is 2.31. The second kappa shape index (κ2) is 7.93. The van der Waals surface area contributed by atoms with Crippen molar-refractivity contribution in [1.82, 2.24) is 5.32 Å². The fourth-order valence-electron chi connectivity index (χ4n) is 2.01. The summed E-state index contributed by atoms with van der Waals surface area (Å²) in [5.41, 5.74) is -1.88. The van der Waals surface area contributed by atoms with Crippen LogP contribution in [0.25, 0.3) is 0 Å². The van der Waals surface area contributed by atoms with E-state index < -0.39 is 5.51 Å². The van der Waals surface area contributed by atoms with Gasteiger partial charge in [0.1, 0.15) is 0 Å². The minimum Gasteiger partial charge on any atom is -0.314 e. The third-order valence-corrected chi connectivity index (χ3v) is 3.79. The van der Waals surface area contributed by atoms with E-state index in [2.05, 4.69) is 11.4 Å². The van der Waals surface area contributed by atoms with Crippen LogP contribution in [-0.4, -0.2) is 23.8 Å². The molecule has 0 aliphatic heterocycles. The lowest BCUT2D eigenvalue weighted by Crippen LogP contribution is -2.28. The fraction of sp³-hybridized carbons (Fsp3) is 0.600. The van der Waals surface area contributed by atoms with Gasteiger partial charge in [-0.1, -0.05) is 55.4 Å². The monoisotopic (exact) mass is 305 g/mol. The molecule has 0 saturated carbocycles. The number of aryl methyl sites for hydroxylation is 1. The Morgan fingerprint density at radius 3 is 2.50 bits per heavy atom. The summed E-state index contributed by atoms with van der Waals surface area (Å²) in [4.78, 5) is 0. The molecule has 1 N–H and O–H groups in total. The average molecular weight is 305 g/mol. The Labute approximate surface area is 123 Å². The molecule has 1 unspecified atom stereocenters. The molecule has 1 atom stereocenters. The van der Waals surface area contributed by atoms with Crippen molar-refractivity contribution in [2.45, 2.75) is 44.7 Å². The highest BCUT2D eigenvalue weighted by atomic mass is 32.2. The highest BCUT2D eigenvalue weighted by Crippen LogP contribution is 2.32. The maximum absolute atomic E-state index is 12.2. The number of halogens is 3. The van der Waals surface area contributed by atoms with Gasteiger partial charge in [-0.05, 0) is 24.8 Å². The molecule has 1 nitrogen and oxygen atoms in total. The molecule has 1 aromatic rings. The lowest BCUT2D eigenvalue weighted by atomic mass is 9.95. The van der Waals surface area contributed by atoms with E-state index in [0.29, 0.717) is 19.0 Å².